The molecule has 1 aliphatic rings. The van der Waals surface area contributed by atoms with Gasteiger partial charge in [0.2, 0.25) is 0 Å². The Morgan fingerprint density at radius 2 is 0.657 bits per heavy atom. The molecular weight excluding hydrogens is 1300 g/mol. The van der Waals surface area contributed by atoms with Gasteiger partial charge in [0, 0.05) is 40.9 Å². The normalized spacial score (nSPS) is 12.2. The first-order valence-electron chi connectivity index (χ1n) is 39.5. The van der Waals surface area contributed by atoms with Crippen LogP contribution in [0.5, 0.6) is 0 Å². The van der Waals surface area contributed by atoms with Crippen molar-refractivity contribution < 1.29 is 0 Å². The lowest BCUT2D eigenvalue weighted by Crippen LogP contribution is -2.15. The average molecular weight is 1400 g/mol. The van der Waals surface area contributed by atoms with Gasteiger partial charge < -0.3 is 9.80 Å². The molecule has 1 aliphatic carbocycles. The van der Waals surface area contributed by atoms with Crippen molar-refractivity contribution in [1.29, 1.82) is 0 Å². The van der Waals surface area contributed by atoms with E-state index in [1.807, 2.05) is 0 Å². The Morgan fingerprint density at radius 3 is 1.16 bits per heavy atom. The molecular formula is C106H100N2. The van der Waals surface area contributed by atoms with Gasteiger partial charge in [-0.05, 0) is 289 Å². The molecule has 0 radical (unpaired) electrons. The number of allylic oxidation sites excluding steroid dienone is 1. The number of hydrogen-bond acceptors (Lipinski definition) is 2. The van der Waals surface area contributed by atoms with Crippen LogP contribution in [0.4, 0.5) is 28.4 Å². The van der Waals surface area contributed by atoms with E-state index in [4.69, 9.17) is 0 Å². The van der Waals surface area contributed by atoms with E-state index in [0.29, 0.717) is 0 Å². The Morgan fingerprint density at radius 1 is 0.287 bits per heavy atom. The summed E-state index contributed by atoms with van der Waals surface area (Å²) in [4.78, 5) is 4.72. The zero-order valence-corrected chi connectivity index (χ0v) is 64.6. The van der Waals surface area contributed by atoms with E-state index in [1.54, 1.807) is 0 Å². The third kappa shape index (κ3) is 15.4. The first-order chi connectivity index (χ1) is 52.8. The van der Waals surface area contributed by atoms with Crippen molar-refractivity contribution in [1.82, 2.24) is 0 Å². The first kappa shape index (κ1) is 72.0. The predicted molar refractivity (Wildman–Crippen MR) is 467 cm³/mol. The van der Waals surface area contributed by atoms with E-state index in [0.717, 1.165) is 29.9 Å². The second kappa shape index (κ2) is 32.2. The lowest BCUT2D eigenvalue weighted by Gasteiger charge is -2.27. The Labute approximate surface area is 643 Å². The molecule has 0 aliphatic heterocycles. The summed E-state index contributed by atoms with van der Waals surface area (Å²) >= 11 is 0. The fraction of sp³-hybridized carbons (Fsp3) is 0.189. The van der Waals surface area contributed by atoms with Crippen molar-refractivity contribution in [2.24, 2.45) is 0 Å². The zero-order valence-electron chi connectivity index (χ0n) is 64.6. The highest BCUT2D eigenvalue weighted by atomic mass is 15.1. The molecule has 14 aromatic rings. The van der Waals surface area contributed by atoms with Gasteiger partial charge in [-0.25, -0.2) is 0 Å². The minimum Gasteiger partial charge on any atom is -0.345 e. The van der Waals surface area contributed by atoms with Crippen molar-refractivity contribution in [2.75, 3.05) is 16.8 Å². The summed E-state index contributed by atoms with van der Waals surface area (Å²) in [5.41, 5.74) is 41.2. The van der Waals surface area contributed by atoms with Crippen molar-refractivity contribution in [3.63, 3.8) is 0 Å². The first-order valence-corrected chi connectivity index (χ1v) is 39.5. The van der Waals surface area contributed by atoms with E-state index in [2.05, 4.69) is 394 Å². The fourth-order valence-electron chi connectivity index (χ4n) is 16.5. The van der Waals surface area contributed by atoms with Gasteiger partial charge in [-0.3, -0.25) is 0 Å². The van der Waals surface area contributed by atoms with E-state index in [1.165, 1.54) is 219 Å². The number of unbranched alkanes of at least 4 members (excludes halogenated alkanes) is 6. The highest BCUT2D eigenvalue weighted by molar-refractivity contribution is 5.89. The Hall–Kier alpha value is -11.6. The molecule has 0 unspecified atom stereocenters. The predicted octanol–water partition coefficient (Wildman–Crippen LogP) is 30.4. The molecule has 0 saturated heterocycles. The molecule has 0 fully saturated rings. The van der Waals surface area contributed by atoms with Crippen LogP contribution in [0.25, 0.3) is 117 Å². The van der Waals surface area contributed by atoms with Crippen LogP contribution in [0, 0.1) is 20.8 Å². The molecule has 108 heavy (non-hydrogen) atoms. The van der Waals surface area contributed by atoms with Crippen LogP contribution < -0.4 is 9.80 Å². The molecule has 0 spiro atoms. The molecule has 0 atom stereocenters. The van der Waals surface area contributed by atoms with Crippen molar-refractivity contribution >= 4 is 34.5 Å². The molecule has 0 heterocycles. The van der Waals surface area contributed by atoms with Gasteiger partial charge in [0.05, 0.1) is 0 Å². The molecule has 0 aromatic heterocycles. The highest BCUT2D eigenvalue weighted by Gasteiger charge is 2.36. The van der Waals surface area contributed by atoms with Gasteiger partial charge in [-0.1, -0.05) is 308 Å². The van der Waals surface area contributed by atoms with Gasteiger partial charge >= 0.3 is 0 Å². The summed E-state index contributed by atoms with van der Waals surface area (Å²) < 4.78 is 0. The molecule has 0 bridgehead atoms. The molecule has 15 rings (SSSR count). The van der Waals surface area contributed by atoms with Gasteiger partial charge in [-0.15, -0.1) is 0 Å². The van der Waals surface area contributed by atoms with Crippen LogP contribution >= 0.6 is 0 Å². The summed E-state index contributed by atoms with van der Waals surface area (Å²) in [5, 5.41) is 0. The molecule has 0 N–H and O–H groups in total. The van der Waals surface area contributed by atoms with Crippen LogP contribution in [0.1, 0.15) is 130 Å². The lowest BCUT2D eigenvalue weighted by molar-refractivity contribution is 0.661. The molecule has 14 aromatic carbocycles. The second-order valence-electron chi connectivity index (χ2n) is 30.6. The molecule has 2 heteroatoms. The number of nitrogens with zero attached hydrogens (tertiary/aromatic N) is 2. The second-order valence-corrected chi connectivity index (χ2v) is 30.6. The highest BCUT2D eigenvalue weighted by Crippen LogP contribution is 2.51. The standard InChI is InChI=1S/C106H100N2/c1-10-13-15-18-29-91-70-103(92(30-19-16-14-11-2)69-102(91)83-44-40-81(41-45-83)98-62-58-96(64-74(98)5)107(9)95-35-24-34-88(68-95)77-27-20-17-21-28-77)84-46-42-82(43-47-84)99-63-59-97(65-75(99)6)108(93-54-48-79(49-55-93)86-32-23-33-87(67-86)85-31-22-26-76(66-85)25-12-3)94-56-50-80(51-57-94)90-53-61-101-100-60-52-89(78-38-36-73(4)37-39-78)71-104(100)106(7,8)105(101)72-90/h12,17,20-28,31-72H,10-11,13-16,18-19,29-30H2,1-9H3/b25-12+. The Balaban J connectivity index is 0.726. The smallest absolute Gasteiger partial charge is 0.0464 e. The monoisotopic (exact) mass is 1400 g/mol. The van der Waals surface area contributed by atoms with Crippen molar-refractivity contribution in [3.05, 3.63) is 360 Å². The molecule has 534 valence electrons. The molecule has 0 amide bonds. The minimum absolute atomic E-state index is 0.154. The average Bonchev–Trinajstić information content (AvgIpc) is 1.57. The van der Waals surface area contributed by atoms with Crippen LogP contribution in [-0.4, -0.2) is 7.05 Å². The van der Waals surface area contributed by atoms with Gasteiger partial charge in [-0.2, -0.15) is 0 Å². The van der Waals surface area contributed by atoms with Crippen molar-refractivity contribution in [2.45, 2.75) is 125 Å². The van der Waals surface area contributed by atoms with Crippen LogP contribution in [0.15, 0.2) is 315 Å². The topological polar surface area (TPSA) is 6.48 Å². The summed E-state index contributed by atoms with van der Waals surface area (Å²) in [6, 6.07) is 117. The van der Waals surface area contributed by atoms with Crippen LogP contribution in [0.2, 0.25) is 0 Å². The number of benzene rings is 14. The van der Waals surface area contributed by atoms with E-state index < -0.39 is 0 Å². The summed E-state index contributed by atoms with van der Waals surface area (Å²) in [7, 11) is 2.17. The summed E-state index contributed by atoms with van der Waals surface area (Å²) in [5.74, 6) is 0. The minimum atomic E-state index is -0.154. The summed E-state index contributed by atoms with van der Waals surface area (Å²) in [6.45, 7) is 18.2. The maximum atomic E-state index is 2.58. The van der Waals surface area contributed by atoms with E-state index >= 15 is 0 Å². The zero-order chi connectivity index (χ0) is 74.3. The van der Waals surface area contributed by atoms with Crippen LogP contribution in [0.3, 0.4) is 0 Å². The van der Waals surface area contributed by atoms with Gasteiger partial charge in [0.15, 0.2) is 0 Å². The molecule has 0 saturated carbocycles. The number of fused-ring (bicyclic) bond motifs is 3. The Kier molecular flexibility index (Phi) is 21.5. The largest absolute Gasteiger partial charge is 0.345 e. The van der Waals surface area contributed by atoms with Gasteiger partial charge in [0.1, 0.15) is 0 Å². The molecule has 2 nitrogen and oxygen atoms in total. The SMILES string of the molecule is C/C=C/c1cccc(-c2cccc(-c3ccc(N(c4ccc(-c5ccc6c(c5)C(C)(C)c5cc(-c7ccc(C)cc7)ccc5-6)cc4)c4ccc(-c5ccc(-c6cc(CCCCCC)c(-c7ccc(-c8ccc(N(C)c9cccc(-c%10ccccc%10)c9)cc8C)cc7)cc6CCCCCC)cc5)c(C)c4)cc3)c2)c1. The fourth-order valence-corrected chi connectivity index (χ4v) is 16.5. The van der Waals surface area contributed by atoms with Crippen LogP contribution in [-0.2, 0) is 18.3 Å². The quantitative estimate of drug-likeness (QED) is 0.0526. The maximum Gasteiger partial charge on any atom is 0.0464 e. The number of aryl methyl sites for hydroxylation is 5. The third-order valence-corrected chi connectivity index (χ3v) is 22.8. The van der Waals surface area contributed by atoms with Crippen molar-refractivity contribution in [3.8, 4) is 111 Å². The number of hydrogen-bond donors (Lipinski definition) is 0. The lowest BCUT2D eigenvalue weighted by atomic mass is 9.81. The third-order valence-electron chi connectivity index (χ3n) is 22.8. The van der Waals surface area contributed by atoms with Gasteiger partial charge in [0.25, 0.3) is 0 Å². The maximum absolute atomic E-state index is 2.58. The number of anilines is 5. The van der Waals surface area contributed by atoms with E-state index in [9.17, 15) is 0 Å². The van der Waals surface area contributed by atoms with E-state index in [-0.39, 0.29) is 5.41 Å². The Bertz CT molecular complexity index is 5520. The summed E-state index contributed by atoms with van der Waals surface area (Å²) in [6.07, 6.45) is 16.1. The number of rotatable bonds is 25.